The van der Waals surface area contributed by atoms with Crippen LogP contribution in [0, 0.1) is 22.7 Å². The van der Waals surface area contributed by atoms with E-state index < -0.39 is 0 Å². The van der Waals surface area contributed by atoms with E-state index in [0.29, 0.717) is 16.7 Å². The monoisotopic (exact) mass is 370 g/mol. The molecule has 150 valence electrons. The van der Waals surface area contributed by atoms with E-state index in [9.17, 15) is 0 Å². The van der Waals surface area contributed by atoms with Gasteiger partial charge in [0.1, 0.15) is 0 Å². The lowest BCUT2D eigenvalue weighted by molar-refractivity contribution is -0.0983. The molecule has 0 radical (unpaired) electrons. The van der Waals surface area contributed by atoms with Crippen LogP contribution >= 0.6 is 0 Å². The molecular weight excluding hydrogens is 332 g/mol. The van der Waals surface area contributed by atoms with Crippen molar-refractivity contribution < 1.29 is 9.47 Å². The van der Waals surface area contributed by atoms with E-state index in [1.807, 2.05) is 7.11 Å². The molecule has 0 aliphatic heterocycles. The van der Waals surface area contributed by atoms with E-state index >= 15 is 0 Å². The predicted octanol–water partition coefficient (Wildman–Crippen LogP) is 6.32. The Morgan fingerprint density at radius 3 is 2.37 bits per heavy atom. The first-order valence-electron chi connectivity index (χ1n) is 11.0. The van der Waals surface area contributed by atoms with Gasteiger partial charge in [0.15, 0.2) is 11.5 Å². The van der Waals surface area contributed by atoms with Gasteiger partial charge in [-0.25, -0.2) is 0 Å². The van der Waals surface area contributed by atoms with Crippen LogP contribution in [0.2, 0.25) is 0 Å². The lowest BCUT2D eigenvalue weighted by atomic mass is 9.43. The fourth-order valence-electron chi connectivity index (χ4n) is 7.92. The first kappa shape index (κ1) is 19.2. The SMILES string of the molecule is CCc1cc(OC)c(OC)c2c1[C@]1(C)CCC3C(C)(C)CCC[C@]3(C)[C@H]1C2. The Morgan fingerprint density at radius 2 is 1.74 bits per heavy atom. The molecule has 3 aliphatic carbocycles. The van der Waals surface area contributed by atoms with E-state index in [-0.39, 0.29) is 5.41 Å². The Bertz CT molecular complexity index is 749. The van der Waals surface area contributed by atoms with Gasteiger partial charge in [-0.05, 0) is 83.8 Å². The van der Waals surface area contributed by atoms with E-state index in [1.54, 1.807) is 12.7 Å². The summed E-state index contributed by atoms with van der Waals surface area (Å²) in [5.41, 5.74) is 5.71. The smallest absolute Gasteiger partial charge is 0.164 e. The van der Waals surface area contributed by atoms with Gasteiger partial charge in [0.05, 0.1) is 14.2 Å². The summed E-state index contributed by atoms with van der Waals surface area (Å²) < 4.78 is 11.6. The van der Waals surface area contributed by atoms with Crippen LogP contribution in [0.25, 0.3) is 0 Å². The van der Waals surface area contributed by atoms with Crippen LogP contribution in [0.15, 0.2) is 6.07 Å². The second kappa shape index (κ2) is 6.16. The summed E-state index contributed by atoms with van der Waals surface area (Å²) in [4.78, 5) is 0. The summed E-state index contributed by atoms with van der Waals surface area (Å²) in [5.74, 6) is 3.46. The number of methoxy groups -OCH3 is 2. The molecule has 3 aliphatic rings. The molecule has 1 unspecified atom stereocenters. The average molecular weight is 371 g/mol. The fourth-order valence-corrected chi connectivity index (χ4v) is 7.92. The van der Waals surface area contributed by atoms with E-state index in [0.717, 1.165) is 30.3 Å². The summed E-state index contributed by atoms with van der Waals surface area (Å²) in [5, 5.41) is 0. The zero-order valence-electron chi connectivity index (χ0n) is 18.5. The highest BCUT2D eigenvalue weighted by atomic mass is 16.5. The van der Waals surface area contributed by atoms with Crippen LogP contribution in [0.1, 0.15) is 83.4 Å². The van der Waals surface area contributed by atoms with E-state index in [4.69, 9.17) is 9.47 Å². The first-order valence-corrected chi connectivity index (χ1v) is 11.0. The normalized spacial score (nSPS) is 36.6. The van der Waals surface area contributed by atoms with Gasteiger partial charge in [0.25, 0.3) is 0 Å². The number of rotatable bonds is 3. The molecule has 4 atom stereocenters. The number of aryl methyl sites for hydroxylation is 1. The van der Waals surface area contributed by atoms with Crippen molar-refractivity contribution in [1.82, 2.24) is 0 Å². The van der Waals surface area contributed by atoms with Crippen molar-refractivity contribution in [1.29, 1.82) is 0 Å². The number of fused-ring (bicyclic) bond motifs is 5. The third-order valence-electron chi connectivity index (χ3n) is 9.00. The predicted molar refractivity (Wildman–Crippen MR) is 112 cm³/mol. The summed E-state index contributed by atoms with van der Waals surface area (Å²) in [6.45, 7) is 12.5. The minimum atomic E-state index is 0.277. The lowest BCUT2D eigenvalue weighted by Gasteiger charge is -2.61. The van der Waals surface area contributed by atoms with Crippen molar-refractivity contribution in [3.8, 4) is 11.5 Å². The van der Waals surface area contributed by atoms with Crippen LogP contribution in [0.3, 0.4) is 0 Å². The molecule has 0 heterocycles. The first-order chi connectivity index (χ1) is 12.7. The van der Waals surface area contributed by atoms with Crippen molar-refractivity contribution in [3.63, 3.8) is 0 Å². The van der Waals surface area contributed by atoms with Crippen LogP contribution in [0.4, 0.5) is 0 Å². The van der Waals surface area contributed by atoms with Gasteiger partial charge in [-0.3, -0.25) is 0 Å². The molecule has 27 heavy (non-hydrogen) atoms. The topological polar surface area (TPSA) is 18.5 Å². The van der Waals surface area contributed by atoms with Gasteiger partial charge >= 0.3 is 0 Å². The standard InChI is InChI=1S/C25H38O2/c1-8-16-14-18(26-6)22(27-7)17-15-20-24(4)12-9-11-23(2,3)19(24)10-13-25(20,5)21(16)17/h14,19-20H,8-13,15H2,1-7H3/t19?,20-,24+,25-/m1/s1. The Morgan fingerprint density at radius 1 is 1.00 bits per heavy atom. The van der Waals surface area contributed by atoms with Crippen LogP contribution in [0.5, 0.6) is 11.5 Å². The molecule has 2 fully saturated rings. The molecule has 0 N–H and O–H groups in total. The van der Waals surface area contributed by atoms with Crippen LogP contribution in [-0.4, -0.2) is 14.2 Å². The molecular formula is C25H38O2. The zero-order chi connectivity index (χ0) is 19.6. The van der Waals surface area contributed by atoms with Crippen molar-refractivity contribution >= 4 is 0 Å². The number of hydrogen-bond acceptors (Lipinski definition) is 2. The Balaban J connectivity index is 1.89. The summed E-state index contributed by atoms with van der Waals surface area (Å²) >= 11 is 0. The summed E-state index contributed by atoms with van der Waals surface area (Å²) in [7, 11) is 3.58. The van der Waals surface area contributed by atoms with Crippen molar-refractivity contribution in [2.24, 2.45) is 22.7 Å². The maximum absolute atomic E-state index is 5.91. The molecule has 2 saturated carbocycles. The van der Waals surface area contributed by atoms with E-state index in [2.05, 4.69) is 40.7 Å². The largest absolute Gasteiger partial charge is 0.493 e. The van der Waals surface area contributed by atoms with Crippen molar-refractivity contribution in [2.45, 2.75) is 85.0 Å². The molecule has 1 aromatic rings. The second-order valence-corrected chi connectivity index (χ2v) is 10.6. The molecule has 2 heteroatoms. The average Bonchev–Trinajstić information content (AvgIpc) is 2.94. The highest BCUT2D eigenvalue weighted by Crippen LogP contribution is 2.68. The minimum absolute atomic E-state index is 0.277. The van der Waals surface area contributed by atoms with E-state index in [1.165, 1.54) is 43.2 Å². The third-order valence-corrected chi connectivity index (χ3v) is 9.00. The van der Waals surface area contributed by atoms with Gasteiger partial charge in [0, 0.05) is 5.56 Å². The molecule has 0 aromatic heterocycles. The van der Waals surface area contributed by atoms with Crippen molar-refractivity contribution in [3.05, 3.63) is 22.8 Å². The Hall–Kier alpha value is -1.18. The fraction of sp³-hybridized carbons (Fsp3) is 0.760. The molecule has 0 amide bonds. The van der Waals surface area contributed by atoms with Crippen molar-refractivity contribution in [2.75, 3.05) is 14.2 Å². The van der Waals surface area contributed by atoms with Crippen LogP contribution < -0.4 is 9.47 Å². The van der Waals surface area contributed by atoms with Gasteiger partial charge in [-0.1, -0.05) is 41.0 Å². The summed E-state index contributed by atoms with van der Waals surface area (Å²) in [6.07, 6.45) is 9.06. The molecule has 0 saturated heterocycles. The number of hydrogen-bond donors (Lipinski definition) is 0. The Kier molecular flexibility index (Phi) is 4.37. The van der Waals surface area contributed by atoms with Gasteiger partial charge in [0.2, 0.25) is 0 Å². The molecule has 2 nitrogen and oxygen atoms in total. The lowest BCUT2D eigenvalue weighted by Crippen LogP contribution is -2.55. The molecule has 0 spiro atoms. The molecule has 0 bridgehead atoms. The number of ether oxygens (including phenoxy) is 2. The maximum atomic E-state index is 5.91. The van der Waals surface area contributed by atoms with Gasteiger partial charge in [-0.15, -0.1) is 0 Å². The van der Waals surface area contributed by atoms with Gasteiger partial charge < -0.3 is 9.47 Å². The minimum Gasteiger partial charge on any atom is -0.493 e. The van der Waals surface area contributed by atoms with Gasteiger partial charge in [-0.2, -0.15) is 0 Å². The third kappa shape index (κ3) is 2.44. The highest BCUT2D eigenvalue weighted by Gasteiger charge is 2.61. The quantitative estimate of drug-likeness (QED) is 0.619. The zero-order valence-corrected chi connectivity index (χ0v) is 18.5. The van der Waals surface area contributed by atoms with Crippen LogP contribution in [-0.2, 0) is 18.3 Å². The highest BCUT2D eigenvalue weighted by molar-refractivity contribution is 5.60. The number of benzene rings is 1. The second-order valence-electron chi connectivity index (χ2n) is 10.6. The molecule has 4 rings (SSSR count). The Labute approximate surface area is 166 Å². The maximum Gasteiger partial charge on any atom is 0.164 e. The molecule has 1 aromatic carbocycles. The summed E-state index contributed by atoms with van der Waals surface area (Å²) in [6, 6.07) is 2.25.